The number of methoxy groups -OCH3 is 1. The van der Waals surface area contributed by atoms with Crippen LogP contribution in [0, 0.1) is 0 Å². The summed E-state index contributed by atoms with van der Waals surface area (Å²) in [5.41, 5.74) is 1.34. The number of nitrogens with one attached hydrogen (secondary N) is 1. The van der Waals surface area contributed by atoms with Crippen molar-refractivity contribution >= 4 is 40.7 Å². The molecule has 25 heavy (non-hydrogen) atoms. The van der Waals surface area contributed by atoms with Crippen molar-refractivity contribution in [2.24, 2.45) is 0 Å². The fraction of sp³-hybridized carbons (Fsp3) is 0.176. The molecule has 0 atom stereocenters. The molecule has 0 saturated heterocycles. The lowest BCUT2D eigenvalue weighted by Gasteiger charge is -2.20. The van der Waals surface area contributed by atoms with Gasteiger partial charge in [0.25, 0.3) is 17.7 Å². The number of benzene rings is 1. The van der Waals surface area contributed by atoms with Crippen LogP contribution in [0.1, 0.15) is 6.92 Å². The van der Waals surface area contributed by atoms with Gasteiger partial charge in [0.1, 0.15) is 0 Å². The molecule has 2 aliphatic rings. The van der Waals surface area contributed by atoms with Crippen LogP contribution >= 0.6 is 0 Å². The zero-order valence-electron chi connectivity index (χ0n) is 13.8. The van der Waals surface area contributed by atoms with Gasteiger partial charge in [-0.3, -0.25) is 19.2 Å². The largest absolute Gasteiger partial charge is 0.491 e. The van der Waals surface area contributed by atoms with Gasteiger partial charge in [-0.1, -0.05) is 0 Å². The first-order valence-electron chi connectivity index (χ1n) is 7.41. The zero-order chi connectivity index (χ0) is 18.3. The van der Waals surface area contributed by atoms with Crippen LogP contribution in [0.5, 0.6) is 0 Å². The Hall–Kier alpha value is -3.42. The Labute approximate surface area is 143 Å². The first-order chi connectivity index (χ1) is 11.9. The quantitative estimate of drug-likeness (QED) is 0.819. The maximum atomic E-state index is 12.3. The summed E-state index contributed by atoms with van der Waals surface area (Å²) in [4.78, 5) is 50.7. The molecule has 0 aromatic heterocycles. The lowest BCUT2D eigenvalue weighted by Crippen LogP contribution is -2.33. The molecule has 8 heteroatoms. The van der Waals surface area contributed by atoms with E-state index in [9.17, 15) is 19.2 Å². The first-order valence-corrected chi connectivity index (χ1v) is 7.41. The Balaban J connectivity index is 2.06. The third kappa shape index (κ3) is 2.57. The van der Waals surface area contributed by atoms with Gasteiger partial charge in [-0.25, -0.2) is 9.80 Å². The fourth-order valence-corrected chi connectivity index (χ4v) is 2.67. The minimum atomic E-state index is -0.611. The second-order valence-electron chi connectivity index (χ2n) is 5.49. The first kappa shape index (κ1) is 16.4. The summed E-state index contributed by atoms with van der Waals surface area (Å²) in [7, 11) is 2.94. The van der Waals surface area contributed by atoms with Gasteiger partial charge < -0.3 is 10.1 Å². The third-order valence-electron chi connectivity index (χ3n) is 3.92. The molecule has 0 fully saturated rings. The van der Waals surface area contributed by atoms with Gasteiger partial charge in [0, 0.05) is 24.4 Å². The van der Waals surface area contributed by atoms with E-state index in [1.807, 2.05) is 0 Å². The maximum absolute atomic E-state index is 12.3. The van der Waals surface area contributed by atoms with Crippen molar-refractivity contribution < 1.29 is 23.9 Å². The van der Waals surface area contributed by atoms with Crippen molar-refractivity contribution in [3.63, 3.8) is 0 Å². The van der Waals surface area contributed by atoms with Gasteiger partial charge in [0.2, 0.25) is 0 Å². The standard InChI is InChI=1S/C17H15N3O5/c1-9-4-14(21)19(16(9)23)11-5-10(18-2)6-12(7-11)20-15(22)8-13(25-3)17(20)24/h4-8,18H,1-3H3. The molecule has 1 N–H and O–H groups in total. The van der Waals surface area contributed by atoms with E-state index >= 15 is 0 Å². The number of hydrogen-bond acceptors (Lipinski definition) is 6. The number of hydrogen-bond donors (Lipinski definition) is 1. The van der Waals surface area contributed by atoms with Crippen molar-refractivity contribution in [2.45, 2.75) is 6.92 Å². The normalized spacial score (nSPS) is 17.2. The number of carbonyl (C=O) groups is 4. The number of carbonyl (C=O) groups excluding carboxylic acids is 4. The molecular formula is C17H15N3O5. The Morgan fingerprint density at radius 2 is 1.44 bits per heavy atom. The lowest BCUT2D eigenvalue weighted by molar-refractivity contribution is -0.122. The molecule has 3 rings (SSSR count). The molecule has 2 aliphatic heterocycles. The number of amides is 4. The highest BCUT2D eigenvalue weighted by molar-refractivity contribution is 6.32. The van der Waals surface area contributed by atoms with Crippen LogP contribution in [0.15, 0.2) is 41.7 Å². The fourth-order valence-electron chi connectivity index (χ4n) is 2.67. The average Bonchev–Trinajstić information content (AvgIpc) is 3.01. The van der Waals surface area contributed by atoms with E-state index < -0.39 is 23.6 Å². The predicted octanol–water partition coefficient (Wildman–Crippen LogP) is 0.951. The van der Waals surface area contributed by atoms with Crippen molar-refractivity contribution in [1.29, 1.82) is 0 Å². The number of anilines is 3. The summed E-state index contributed by atoms with van der Waals surface area (Å²) in [6.45, 7) is 1.55. The van der Waals surface area contributed by atoms with E-state index in [1.165, 1.54) is 19.3 Å². The van der Waals surface area contributed by atoms with Crippen LogP contribution in [0.25, 0.3) is 0 Å². The molecule has 0 bridgehead atoms. The summed E-state index contributed by atoms with van der Waals surface area (Å²) in [6.07, 6.45) is 2.33. The van der Waals surface area contributed by atoms with E-state index in [-0.39, 0.29) is 17.1 Å². The number of nitrogens with zero attached hydrogens (tertiary/aromatic N) is 2. The van der Waals surface area contributed by atoms with Crippen LogP contribution in [-0.2, 0) is 23.9 Å². The van der Waals surface area contributed by atoms with E-state index in [1.54, 1.807) is 26.1 Å². The third-order valence-corrected chi connectivity index (χ3v) is 3.92. The molecule has 1 aromatic rings. The second-order valence-corrected chi connectivity index (χ2v) is 5.49. The van der Waals surface area contributed by atoms with E-state index in [0.717, 1.165) is 15.9 Å². The molecule has 0 spiro atoms. The molecule has 0 saturated carbocycles. The topological polar surface area (TPSA) is 96.0 Å². The minimum Gasteiger partial charge on any atom is -0.491 e. The number of imide groups is 2. The van der Waals surface area contributed by atoms with E-state index in [4.69, 9.17) is 4.74 Å². The van der Waals surface area contributed by atoms with Crippen molar-refractivity contribution in [2.75, 3.05) is 29.3 Å². The summed E-state index contributed by atoms with van der Waals surface area (Å²) in [6, 6.07) is 4.59. The molecular weight excluding hydrogens is 326 g/mol. The van der Waals surface area contributed by atoms with Crippen LogP contribution in [0.2, 0.25) is 0 Å². The van der Waals surface area contributed by atoms with Crippen molar-refractivity contribution in [3.05, 3.63) is 41.7 Å². The SMILES string of the molecule is CNc1cc(N2C(=O)C=C(C)C2=O)cc(N2C(=O)C=C(OC)C2=O)c1. The van der Waals surface area contributed by atoms with Crippen LogP contribution in [0.3, 0.4) is 0 Å². The predicted molar refractivity (Wildman–Crippen MR) is 89.8 cm³/mol. The molecule has 0 radical (unpaired) electrons. The molecule has 1 aromatic carbocycles. The van der Waals surface area contributed by atoms with Gasteiger partial charge >= 0.3 is 5.91 Å². The van der Waals surface area contributed by atoms with Gasteiger partial charge in [-0.15, -0.1) is 0 Å². The second kappa shape index (κ2) is 5.90. The highest BCUT2D eigenvalue weighted by atomic mass is 16.5. The number of ether oxygens (including phenoxy) is 1. The van der Waals surface area contributed by atoms with Gasteiger partial charge in [0.05, 0.1) is 24.6 Å². The maximum Gasteiger partial charge on any atom is 0.300 e. The Morgan fingerprint density at radius 1 is 0.880 bits per heavy atom. The highest BCUT2D eigenvalue weighted by Crippen LogP contribution is 2.33. The van der Waals surface area contributed by atoms with Crippen molar-refractivity contribution in [1.82, 2.24) is 0 Å². The smallest absolute Gasteiger partial charge is 0.300 e. The number of rotatable bonds is 4. The molecule has 0 unspecified atom stereocenters. The van der Waals surface area contributed by atoms with Crippen LogP contribution in [-0.4, -0.2) is 37.8 Å². The van der Waals surface area contributed by atoms with Gasteiger partial charge in [0.15, 0.2) is 5.76 Å². The molecule has 0 aliphatic carbocycles. The van der Waals surface area contributed by atoms with Gasteiger partial charge in [-0.2, -0.15) is 0 Å². The Kier molecular flexibility index (Phi) is 3.88. The zero-order valence-corrected chi connectivity index (χ0v) is 13.8. The van der Waals surface area contributed by atoms with Crippen LogP contribution in [0.4, 0.5) is 17.1 Å². The summed E-state index contributed by atoms with van der Waals surface area (Å²) < 4.78 is 4.89. The average molecular weight is 341 g/mol. The molecule has 128 valence electrons. The molecule has 8 nitrogen and oxygen atoms in total. The Bertz CT molecular complexity index is 884. The summed E-state index contributed by atoms with van der Waals surface area (Å²) in [5.74, 6) is -2.17. The lowest BCUT2D eigenvalue weighted by atomic mass is 10.2. The minimum absolute atomic E-state index is 0.0766. The summed E-state index contributed by atoms with van der Waals surface area (Å²) in [5, 5.41) is 2.89. The van der Waals surface area contributed by atoms with E-state index in [2.05, 4.69) is 5.32 Å². The summed E-state index contributed by atoms with van der Waals surface area (Å²) >= 11 is 0. The van der Waals surface area contributed by atoms with Crippen molar-refractivity contribution in [3.8, 4) is 0 Å². The molecule has 2 heterocycles. The van der Waals surface area contributed by atoms with Gasteiger partial charge in [-0.05, 0) is 25.1 Å². The monoisotopic (exact) mass is 341 g/mol. The van der Waals surface area contributed by atoms with E-state index in [0.29, 0.717) is 11.3 Å². The molecule has 4 amide bonds. The highest BCUT2D eigenvalue weighted by Gasteiger charge is 2.35. The van der Waals surface area contributed by atoms with Crippen LogP contribution < -0.4 is 15.1 Å². The Morgan fingerprint density at radius 3 is 1.88 bits per heavy atom.